The summed E-state index contributed by atoms with van der Waals surface area (Å²) in [5.74, 6) is -1.94. The van der Waals surface area contributed by atoms with E-state index in [2.05, 4.69) is 90.4 Å². The molecule has 0 aliphatic carbocycles. The van der Waals surface area contributed by atoms with Gasteiger partial charge in [-0.3, -0.25) is 9.11 Å². The lowest BCUT2D eigenvalue weighted by atomic mass is 10.1. The van der Waals surface area contributed by atoms with E-state index >= 15 is 0 Å². The molecule has 75 heavy (non-hydrogen) atoms. The Hall–Kier alpha value is -7.88. The zero-order valence-electron chi connectivity index (χ0n) is 37.8. The van der Waals surface area contributed by atoms with Crippen LogP contribution in [0.25, 0.3) is 10.8 Å². The zero-order valence-corrected chi connectivity index (χ0v) is 41.1. The standard InChI is InChI=1S/C39H34F2N14O16S4/c1-17(16-42-36-46-34(40)49-39(50-36)45-26-13-21(75(63,64)65)6-9-30(26)72-70-68-58)43-37-47-35(41)48-38(51-37)44-19-4-7-22-18(10-19)11-31(73-71-69-59)32(33(22)57)55-53-24-15-29(67-3)28(66-2)14-23(24)52-54-25-12-20(74(60,61)62)5-8-27(25)56/h4-15,17,56-59H,16H2,1-3H3,(H,60,61,62)(H,63,64,65)(H2,42,45,46,49,50)(H2,43,44,47,48,51). The first-order chi connectivity index (χ1) is 35.7. The second-order valence-corrected chi connectivity index (χ2v) is 18.8. The van der Waals surface area contributed by atoms with Gasteiger partial charge in [-0.15, -0.1) is 29.1 Å². The van der Waals surface area contributed by atoms with Crippen LogP contribution in [-0.4, -0.2) is 103 Å². The number of ether oxygens (including phenoxy) is 2. The minimum Gasteiger partial charge on any atom is -0.506 e. The van der Waals surface area contributed by atoms with Gasteiger partial charge in [0.1, 0.15) is 28.5 Å². The third kappa shape index (κ3) is 14.2. The number of halogens is 2. The molecule has 0 aliphatic rings. The molecule has 30 nitrogen and oxygen atoms in total. The van der Waals surface area contributed by atoms with E-state index in [1.807, 2.05) is 0 Å². The van der Waals surface area contributed by atoms with E-state index < -0.39 is 65.7 Å². The molecule has 36 heteroatoms. The molecule has 0 bridgehead atoms. The summed E-state index contributed by atoms with van der Waals surface area (Å²) in [6.45, 7) is 1.55. The molecular weight excluding hydrogens is 1090 g/mol. The summed E-state index contributed by atoms with van der Waals surface area (Å²) in [7, 11) is -6.69. The largest absolute Gasteiger partial charge is 0.506 e. The fourth-order valence-corrected chi connectivity index (χ4v) is 8.16. The summed E-state index contributed by atoms with van der Waals surface area (Å²) in [5.41, 5.74) is -0.570. The Labute approximate surface area is 427 Å². The highest BCUT2D eigenvalue weighted by Crippen LogP contribution is 2.47. The van der Waals surface area contributed by atoms with Gasteiger partial charge >= 0.3 is 12.2 Å². The summed E-state index contributed by atoms with van der Waals surface area (Å²) < 4.78 is 115. The van der Waals surface area contributed by atoms with Crippen molar-refractivity contribution in [3.63, 3.8) is 0 Å². The van der Waals surface area contributed by atoms with Gasteiger partial charge < -0.3 is 41.0 Å². The number of hydrogen-bond donors (Lipinski definition) is 10. The number of methoxy groups -OCH3 is 2. The minimum atomic E-state index is -4.69. The fraction of sp³-hybridized carbons (Fsp3) is 0.128. The molecule has 1 atom stereocenters. The SMILES string of the molecule is COc1cc(N=Nc2cc(S(=O)(=O)O)ccc2O)c(N=Nc2c(SOOO)cc3cc(Nc4nc(F)nc(NC(C)CNc5nc(F)nc(Nc6cc(S(=O)(=O)O)ccc6SOOO)n5)n4)ccc3c2O)cc1OC. The molecule has 0 amide bonds. The predicted octanol–water partition coefficient (Wildman–Crippen LogP) is 8.50. The van der Waals surface area contributed by atoms with E-state index in [9.17, 15) is 44.9 Å². The second-order valence-electron chi connectivity index (χ2n) is 14.5. The molecular formula is C39H34F2N14O16S4. The fourth-order valence-electron chi connectivity index (χ4n) is 6.23. The van der Waals surface area contributed by atoms with Gasteiger partial charge in [0, 0.05) is 35.8 Å². The van der Waals surface area contributed by atoms with Crippen molar-refractivity contribution in [2.75, 3.05) is 42.0 Å². The third-order valence-electron chi connectivity index (χ3n) is 9.52. The van der Waals surface area contributed by atoms with Crippen LogP contribution in [0.4, 0.5) is 66.7 Å². The van der Waals surface area contributed by atoms with Gasteiger partial charge in [0.05, 0.1) is 63.6 Å². The Morgan fingerprint density at radius 3 is 1.84 bits per heavy atom. The summed E-state index contributed by atoms with van der Waals surface area (Å²) >= 11 is 0.821. The van der Waals surface area contributed by atoms with Gasteiger partial charge in [0.15, 0.2) is 17.2 Å². The molecule has 2 aromatic heterocycles. The highest BCUT2D eigenvalue weighted by molar-refractivity contribution is 7.95. The number of phenolic OH excluding ortho intramolecular Hbond substituents is 2. The first-order valence-electron chi connectivity index (χ1n) is 20.2. The maximum absolute atomic E-state index is 14.8. The molecule has 2 heterocycles. The van der Waals surface area contributed by atoms with E-state index in [1.165, 1.54) is 56.7 Å². The summed E-state index contributed by atoms with van der Waals surface area (Å²) in [4.78, 5) is 21.7. The quantitative estimate of drug-likeness (QED) is 0.00943. The van der Waals surface area contributed by atoms with Gasteiger partial charge in [-0.2, -0.15) is 55.5 Å². The molecule has 7 aromatic rings. The van der Waals surface area contributed by atoms with Crippen LogP contribution in [0.3, 0.4) is 0 Å². The van der Waals surface area contributed by atoms with Crippen LogP contribution >= 0.6 is 24.1 Å². The van der Waals surface area contributed by atoms with E-state index in [4.69, 9.17) is 20.0 Å². The summed E-state index contributed by atoms with van der Waals surface area (Å²) in [5, 5.41) is 74.7. The monoisotopic (exact) mass is 1120 g/mol. The van der Waals surface area contributed by atoms with Crippen molar-refractivity contribution in [2.24, 2.45) is 20.5 Å². The molecule has 0 spiro atoms. The van der Waals surface area contributed by atoms with E-state index in [1.54, 1.807) is 6.92 Å². The molecule has 394 valence electrons. The number of rotatable bonds is 23. The van der Waals surface area contributed by atoms with Crippen LogP contribution < -0.4 is 30.7 Å². The average molecular weight is 1120 g/mol. The lowest BCUT2D eigenvalue weighted by Gasteiger charge is -2.16. The van der Waals surface area contributed by atoms with Gasteiger partial charge in [-0.05, 0) is 73.0 Å². The highest BCUT2D eigenvalue weighted by atomic mass is 32.2. The van der Waals surface area contributed by atoms with Gasteiger partial charge in [0.2, 0.25) is 23.8 Å². The molecule has 0 radical (unpaired) electrons. The van der Waals surface area contributed by atoms with Crippen LogP contribution in [0, 0.1) is 12.2 Å². The second kappa shape index (κ2) is 24.0. The number of anilines is 6. The number of fused-ring (bicyclic) bond motifs is 1. The Morgan fingerprint density at radius 1 is 0.640 bits per heavy atom. The minimum absolute atomic E-state index is 0.0109. The average Bonchev–Trinajstić information content (AvgIpc) is 3.35. The normalized spacial score (nSPS) is 12.3. The van der Waals surface area contributed by atoms with Crippen molar-refractivity contribution in [3.05, 3.63) is 85.0 Å². The number of azo groups is 2. The van der Waals surface area contributed by atoms with Crippen LogP contribution in [-0.2, 0) is 39.0 Å². The maximum Gasteiger partial charge on any atom is 0.315 e. The van der Waals surface area contributed by atoms with Crippen molar-refractivity contribution in [1.82, 2.24) is 29.9 Å². The molecule has 7 rings (SSSR count). The number of benzene rings is 5. The van der Waals surface area contributed by atoms with Crippen molar-refractivity contribution in [2.45, 2.75) is 32.5 Å². The lowest BCUT2D eigenvalue weighted by Crippen LogP contribution is -2.27. The number of aromatic nitrogens is 6. The molecule has 0 fully saturated rings. The molecule has 0 saturated carbocycles. The van der Waals surface area contributed by atoms with Crippen molar-refractivity contribution in [1.29, 1.82) is 0 Å². The summed E-state index contributed by atoms with van der Waals surface area (Å²) in [6.07, 6.45) is -2.47. The highest BCUT2D eigenvalue weighted by Gasteiger charge is 2.21. The van der Waals surface area contributed by atoms with Crippen molar-refractivity contribution >= 4 is 113 Å². The smallest absolute Gasteiger partial charge is 0.315 e. The maximum atomic E-state index is 14.8. The lowest BCUT2D eigenvalue weighted by molar-refractivity contribution is -0.432. The Morgan fingerprint density at radius 2 is 1.20 bits per heavy atom. The molecule has 0 aliphatic heterocycles. The molecule has 5 aromatic carbocycles. The van der Waals surface area contributed by atoms with Crippen LogP contribution in [0.1, 0.15) is 6.92 Å². The Balaban J connectivity index is 1.09. The number of aromatic hydroxyl groups is 2. The van der Waals surface area contributed by atoms with Crippen molar-refractivity contribution < 1.29 is 83.7 Å². The number of phenols is 2. The Bertz CT molecular complexity index is 3560. The van der Waals surface area contributed by atoms with E-state index in [0.29, 0.717) is 29.5 Å². The zero-order chi connectivity index (χ0) is 54.0. The number of nitrogens with one attached hydrogen (secondary N) is 4. The molecule has 1 unspecified atom stereocenters. The van der Waals surface area contributed by atoms with Gasteiger partial charge in [0.25, 0.3) is 20.2 Å². The third-order valence-corrected chi connectivity index (χ3v) is 12.5. The van der Waals surface area contributed by atoms with Crippen LogP contribution in [0.2, 0.25) is 0 Å². The van der Waals surface area contributed by atoms with E-state index in [0.717, 1.165) is 30.3 Å². The van der Waals surface area contributed by atoms with Crippen LogP contribution in [0.5, 0.6) is 23.0 Å². The molecule has 10 N–H and O–H groups in total. The summed E-state index contributed by atoms with van der Waals surface area (Å²) in [6, 6.07) is 13.8. The predicted molar refractivity (Wildman–Crippen MR) is 257 cm³/mol. The van der Waals surface area contributed by atoms with Crippen molar-refractivity contribution in [3.8, 4) is 23.0 Å². The number of hydrogen-bond acceptors (Lipinski definition) is 30. The molecule has 0 saturated heterocycles. The number of nitrogens with zero attached hydrogens (tertiary/aromatic N) is 10. The van der Waals surface area contributed by atoms with Gasteiger partial charge in [-0.25, -0.2) is 10.5 Å². The van der Waals surface area contributed by atoms with Crippen LogP contribution in [0.15, 0.2) is 113 Å². The first-order valence-corrected chi connectivity index (χ1v) is 24.6. The van der Waals surface area contributed by atoms with Gasteiger partial charge in [-0.1, -0.05) is 10.1 Å². The topological polar surface area (TPSA) is 420 Å². The van der Waals surface area contributed by atoms with E-state index in [-0.39, 0.29) is 85.2 Å². The first kappa shape index (κ1) is 54.9. The Kier molecular flexibility index (Phi) is 17.6.